The van der Waals surface area contributed by atoms with Gasteiger partial charge in [0.15, 0.2) is 28.2 Å². The number of nitrogens with one attached hydrogen (secondary N) is 1. The summed E-state index contributed by atoms with van der Waals surface area (Å²) in [6, 6.07) is 0. The van der Waals surface area contributed by atoms with Gasteiger partial charge in [0, 0.05) is 13.2 Å². The molecule has 1 aromatic carbocycles. The molecule has 22 heavy (non-hydrogen) atoms. The average Bonchev–Trinajstić information content (AvgIpc) is 2.47. The van der Waals surface area contributed by atoms with Gasteiger partial charge >= 0.3 is 0 Å². The predicted molar refractivity (Wildman–Crippen MR) is 66.9 cm³/mol. The molecule has 126 valence electrons. The van der Waals surface area contributed by atoms with E-state index in [4.69, 9.17) is 5.11 Å². The van der Waals surface area contributed by atoms with Crippen molar-refractivity contribution in [1.29, 1.82) is 0 Å². The molecule has 0 spiro atoms. The molecule has 1 unspecified atom stereocenters. The fourth-order valence-electron chi connectivity index (χ4n) is 1.75. The lowest BCUT2D eigenvalue weighted by molar-refractivity contribution is 0.254. The Morgan fingerprint density at radius 1 is 1.00 bits per heavy atom. The fraction of sp³-hybridized carbons (Fsp3) is 0.500. The van der Waals surface area contributed by atoms with Crippen LogP contribution in [0.3, 0.4) is 0 Å². The van der Waals surface area contributed by atoms with Crippen molar-refractivity contribution in [3.05, 3.63) is 29.1 Å². The van der Waals surface area contributed by atoms with Crippen LogP contribution in [-0.2, 0) is 10.0 Å². The van der Waals surface area contributed by atoms with Gasteiger partial charge in [-0.2, -0.15) is 0 Å². The van der Waals surface area contributed by atoms with Crippen molar-refractivity contribution in [2.24, 2.45) is 5.92 Å². The molecule has 0 aromatic heterocycles. The molecule has 0 aliphatic heterocycles. The van der Waals surface area contributed by atoms with E-state index < -0.39 is 44.0 Å². The van der Waals surface area contributed by atoms with Crippen LogP contribution >= 0.6 is 0 Å². The SMILES string of the molecule is CCC(CCO)CNS(=O)(=O)c1c(F)c(F)c(F)c(F)c1F. The van der Waals surface area contributed by atoms with E-state index in [-0.39, 0.29) is 25.5 Å². The maximum Gasteiger partial charge on any atom is 0.246 e. The molecular formula is C12H14F5NO3S. The summed E-state index contributed by atoms with van der Waals surface area (Å²) in [5, 5.41) is 8.77. The summed E-state index contributed by atoms with van der Waals surface area (Å²) in [5.74, 6) is -12.3. The third-order valence-corrected chi connectivity index (χ3v) is 4.56. The number of sulfonamides is 1. The highest BCUT2D eigenvalue weighted by Crippen LogP contribution is 2.26. The number of rotatable bonds is 7. The van der Waals surface area contributed by atoms with Gasteiger partial charge in [0.05, 0.1) is 0 Å². The minimum Gasteiger partial charge on any atom is -0.396 e. The Morgan fingerprint density at radius 2 is 1.45 bits per heavy atom. The highest BCUT2D eigenvalue weighted by atomic mass is 32.2. The van der Waals surface area contributed by atoms with Crippen LogP contribution in [0, 0.1) is 35.0 Å². The maximum absolute atomic E-state index is 13.5. The molecule has 1 aromatic rings. The number of hydrogen-bond donors (Lipinski definition) is 2. The summed E-state index contributed by atoms with van der Waals surface area (Å²) in [6.07, 6.45) is 0.663. The van der Waals surface area contributed by atoms with Crippen LogP contribution in [0.15, 0.2) is 4.90 Å². The molecule has 0 aliphatic carbocycles. The minimum absolute atomic E-state index is 0.218. The quantitative estimate of drug-likeness (QED) is 0.451. The van der Waals surface area contributed by atoms with E-state index in [0.717, 1.165) is 0 Å². The average molecular weight is 347 g/mol. The second kappa shape index (κ2) is 7.34. The summed E-state index contributed by atoms with van der Waals surface area (Å²) in [4.78, 5) is -1.91. The summed E-state index contributed by atoms with van der Waals surface area (Å²) in [6.45, 7) is 1.15. The molecule has 10 heteroatoms. The summed E-state index contributed by atoms with van der Waals surface area (Å²) >= 11 is 0. The van der Waals surface area contributed by atoms with Crippen LogP contribution in [0.1, 0.15) is 19.8 Å². The Labute approximate surface area is 124 Å². The molecule has 0 amide bonds. The molecular weight excluding hydrogens is 333 g/mol. The monoisotopic (exact) mass is 347 g/mol. The summed E-state index contributed by atoms with van der Waals surface area (Å²) in [5.41, 5.74) is 0. The Balaban J connectivity index is 3.19. The van der Waals surface area contributed by atoms with Crippen molar-refractivity contribution >= 4 is 10.0 Å². The zero-order valence-corrected chi connectivity index (χ0v) is 12.3. The number of halogens is 5. The molecule has 1 rings (SSSR count). The third kappa shape index (κ3) is 3.73. The van der Waals surface area contributed by atoms with Gasteiger partial charge in [-0.15, -0.1) is 0 Å². The summed E-state index contributed by atoms with van der Waals surface area (Å²) < 4.78 is 91.3. The van der Waals surface area contributed by atoms with Crippen molar-refractivity contribution in [3.63, 3.8) is 0 Å². The molecule has 0 bridgehead atoms. The molecule has 1 atom stereocenters. The van der Waals surface area contributed by atoms with Crippen LogP contribution < -0.4 is 4.72 Å². The van der Waals surface area contributed by atoms with Crippen LogP contribution in [0.4, 0.5) is 22.0 Å². The highest BCUT2D eigenvalue weighted by molar-refractivity contribution is 7.89. The molecule has 0 fully saturated rings. The normalized spacial score (nSPS) is 13.4. The van der Waals surface area contributed by atoms with Gasteiger partial charge in [0.25, 0.3) is 0 Å². The Hall–Kier alpha value is -1.26. The molecule has 0 heterocycles. The molecule has 0 aliphatic rings. The molecule has 4 nitrogen and oxygen atoms in total. The van der Waals surface area contributed by atoms with Gasteiger partial charge in [-0.1, -0.05) is 13.3 Å². The van der Waals surface area contributed by atoms with Gasteiger partial charge in [0.1, 0.15) is 0 Å². The number of benzene rings is 1. The van der Waals surface area contributed by atoms with Crippen LogP contribution in [0.25, 0.3) is 0 Å². The van der Waals surface area contributed by atoms with Crippen molar-refractivity contribution in [1.82, 2.24) is 4.72 Å². The van der Waals surface area contributed by atoms with Crippen molar-refractivity contribution in [3.8, 4) is 0 Å². The van der Waals surface area contributed by atoms with E-state index in [1.807, 2.05) is 0 Å². The lowest BCUT2D eigenvalue weighted by atomic mass is 10.0. The second-order valence-electron chi connectivity index (χ2n) is 4.54. The Morgan fingerprint density at radius 3 is 1.86 bits per heavy atom. The fourth-order valence-corrected chi connectivity index (χ4v) is 3.00. The molecule has 2 N–H and O–H groups in total. The number of aliphatic hydroxyl groups excluding tert-OH is 1. The van der Waals surface area contributed by atoms with Gasteiger partial charge in [0.2, 0.25) is 15.8 Å². The third-order valence-electron chi connectivity index (χ3n) is 3.11. The maximum atomic E-state index is 13.5. The lowest BCUT2D eigenvalue weighted by Crippen LogP contribution is -2.31. The first-order valence-electron chi connectivity index (χ1n) is 6.29. The first-order valence-corrected chi connectivity index (χ1v) is 7.77. The highest BCUT2D eigenvalue weighted by Gasteiger charge is 2.33. The van der Waals surface area contributed by atoms with Gasteiger partial charge in [-0.3, -0.25) is 0 Å². The van der Waals surface area contributed by atoms with Crippen molar-refractivity contribution in [2.75, 3.05) is 13.2 Å². The van der Waals surface area contributed by atoms with Crippen LogP contribution in [-0.4, -0.2) is 26.7 Å². The van der Waals surface area contributed by atoms with E-state index in [0.29, 0.717) is 6.42 Å². The Bertz CT molecular complexity index is 622. The van der Waals surface area contributed by atoms with Crippen LogP contribution in [0.5, 0.6) is 0 Å². The predicted octanol–water partition coefficient (Wildman–Crippen LogP) is 2.07. The second-order valence-corrected chi connectivity index (χ2v) is 6.24. The topological polar surface area (TPSA) is 66.4 Å². The minimum atomic E-state index is -4.94. The lowest BCUT2D eigenvalue weighted by Gasteiger charge is -2.15. The molecule has 0 radical (unpaired) electrons. The number of hydrogen-bond acceptors (Lipinski definition) is 3. The van der Waals surface area contributed by atoms with Crippen molar-refractivity contribution < 1.29 is 35.5 Å². The van der Waals surface area contributed by atoms with E-state index in [1.165, 1.54) is 0 Å². The van der Waals surface area contributed by atoms with Gasteiger partial charge in [-0.05, 0) is 12.3 Å². The van der Waals surface area contributed by atoms with Gasteiger partial charge in [-0.25, -0.2) is 35.1 Å². The smallest absolute Gasteiger partial charge is 0.246 e. The Kier molecular flexibility index (Phi) is 6.27. The van der Waals surface area contributed by atoms with Crippen LogP contribution in [0.2, 0.25) is 0 Å². The van der Waals surface area contributed by atoms with Gasteiger partial charge < -0.3 is 5.11 Å². The van der Waals surface area contributed by atoms with E-state index in [1.54, 1.807) is 11.6 Å². The number of aliphatic hydroxyl groups is 1. The van der Waals surface area contributed by atoms with E-state index in [2.05, 4.69) is 0 Å². The first-order chi connectivity index (χ1) is 10.2. The zero-order valence-electron chi connectivity index (χ0n) is 11.5. The molecule has 0 saturated heterocycles. The van der Waals surface area contributed by atoms with Crippen molar-refractivity contribution in [2.45, 2.75) is 24.7 Å². The van der Waals surface area contributed by atoms with E-state index >= 15 is 0 Å². The zero-order chi connectivity index (χ0) is 17.1. The first kappa shape index (κ1) is 18.8. The summed E-state index contributed by atoms with van der Waals surface area (Å²) in [7, 11) is -4.94. The standard InChI is InChI=1S/C12H14F5NO3S/c1-2-6(3-4-19)5-18-22(20,21)12-10(16)8(14)7(13)9(15)11(12)17/h6,18-19H,2-5H2,1H3. The largest absolute Gasteiger partial charge is 0.396 e. The van der Waals surface area contributed by atoms with E-state index in [9.17, 15) is 30.4 Å². The molecule has 0 saturated carbocycles.